The number of hydrogen-bond acceptors (Lipinski definition) is 3. The van der Waals surface area contributed by atoms with Gasteiger partial charge in [-0.1, -0.05) is 30.3 Å². The van der Waals surface area contributed by atoms with E-state index in [-0.39, 0.29) is 11.9 Å². The number of esters is 1. The van der Waals surface area contributed by atoms with E-state index in [4.69, 9.17) is 4.74 Å². The lowest BCUT2D eigenvalue weighted by molar-refractivity contribution is -0.169. The summed E-state index contributed by atoms with van der Waals surface area (Å²) < 4.78 is 5.64. The van der Waals surface area contributed by atoms with E-state index >= 15 is 0 Å². The maximum atomic E-state index is 12.9. The monoisotopic (exact) mass is 329 g/mol. The molecule has 2 fully saturated rings. The van der Waals surface area contributed by atoms with Crippen molar-refractivity contribution in [1.29, 1.82) is 0 Å². The van der Waals surface area contributed by atoms with E-state index in [0.29, 0.717) is 13.1 Å². The molecule has 0 unspecified atom stereocenters. The molecule has 130 valence electrons. The molecule has 0 N–H and O–H groups in total. The first kappa shape index (κ1) is 17.0. The van der Waals surface area contributed by atoms with Crippen LogP contribution in [-0.2, 0) is 20.7 Å². The molecule has 1 aliphatic carbocycles. The first-order chi connectivity index (χ1) is 11.2. The van der Waals surface area contributed by atoms with Crippen molar-refractivity contribution in [2.24, 2.45) is 10.8 Å². The zero-order valence-electron chi connectivity index (χ0n) is 15.1. The van der Waals surface area contributed by atoms with Crippen LogP contribution in [0.3, 0.4) is 0 Å². The Labute approximate surface area is 144 Å². The summed E-state index contributed by atoms with van der Waals surface area (Å²) in [5.41, 5.74) is -0.572. The molecule has 2 aliphatic rings. The van der Waals surface area contributed by atoms with E-state index in [1.54, 1.807) is 0 Å². The Kier molecular flexibility index (Phi) is 3.97. The molecule has 4 nitrogen and oxygen atoms in total. The van der Waals surface area contributed by atoms with E-state index in [9.17, 15) is 9.59 Å². The SMILES string of the molecule is CC(C)(C)OC(=O)[C@]1(C)CN(CCc2ccccc2)C(=O)C12CC2. The number of amides is 1. The number of nitrogens with zero attached hydrogens (tertiary/aromatic N) is 1. The number of rotatable bonds is 4. The van der Waals surface area contributed by atoms with Gasteiger partial charge in [-0.3, -0.25) is 9.59 Å². The van der Waals surface area contributed by atoms with Crippen LogP contribution >= 0.6 is 0 Å². The number of hydrogen-bond donors (Lipinski definition) is 0. The van der Waals surface area contributed by atoms with Crippen molar-refractivity contribution < 1.29 is 14.3 Å². The van der Waals surface area contributed by atoms with Gasteiger partial charge in [-0.2, -0.15) is 0 Å². The highest BCUT2D eigenvalue weighted by Crippen LogP contribution is 2.64. The maximum absolute atomic E-state index is 12.9. The second kappa shape index (κ2) is 5.61. The van der Waals surface area contributed by atoms with E-state index in [1.807, 2.05) is 50.8 Å². The summed E-state index contributed by atoms with van der Waals surface area (Å²) in [4.78, 5) is 27.6. The van der Waals surface area contributed by atoms with Crippen LogP contribution in [0, 0.1) is 10.8 Å². The maximum Gasteiger partial charge on any atom is 0.315 e. The Balaban J connectivity index is 1.74. The van der Waals surface area contributed by atoms with Gasteiger partial charge in [0.2, 0.25) is 5.91 Å². The van der Waals surface area contributed by atoms with Crippen LogP contribution < -0.4 is 0 Å². The van der Waals surface area contributed by atoms with Crippen LogP contribution in [0.15, 0.2) is 30.3 Å². The first-order valence-corrected chi connectivity index (χ1v) is 8.75. The van der Waals surface area contributed by atoms with Crippen molar-refractivity contribution in [3.8, 4) is 0 Å². The predicted octanol–water partition coefficient (Wildman–Crippen LogP) is 3.20. The average molecular weight is 329 g/mol. The van der Waals surface area contributed by atoms with Gasteiger partial charge in [-0.25, -0.2) is 0 Å². The first-order valence-electron chi connectivity index (χ1n) is 8.75. The van der Waals surface area contributed by atoms with Gasteiger partial charge in [0.05, 0.1) is 10.8 Å². The summed E-state index contributed by atoms with van der Waals surface area (Å²) >= 11 is 0. The zero-order chi connectivity index (χ0) is 17.6. The highest BCUT2D eigenvalue weighted by Gasteiger charge is 2.71. The van der Waals surface area contributed by atoms with Crippen molar-refractivity contribution in [1.82, 2.24) is 4.90 Å². The van der Waals surface area contributed by atoms with Gasteiger partial charge in [0.15, 0.2) is 0 Å². The molecule has 0 aromatic heterocycles. The molecular formula is C20H27NO3. The fourth-order valence-corrected chi connectivity index (χ4v) is 3.77. The highest BCUT2D eigenvalue weighted by atomic mass is 16.6. The van der Waals surface area contributed by atoms with Crippen molar-refractivity contribution in [2.75, 3.05) is 13.1 Å². The van der Waals surface area contributed by atoms with Gasteiger partial charge in [-0.15, -0.1) is 0 Å². The third-order valence-corrected chi connectivity index (χ3v) is 5.37. The molecule has 0 radical (unpaired) electrons. The molecule has 1 atom stereocenters. The summed E-state index contributed by atoms with van der Waals surface area (Å²) in [6.45, 7) is 8.65. The minimum Gasteiger partial charge on any atom is -0.459 e. The lowest BCUT2D eigenvalue weighted by Gasteiger charge is -2.31. The van der Waals surface area contributed by atoms with Crippen LogP contribution in [0.4, 0.5) is 0 Å². The minimum atomic E-state index is -0.728. The Morgan fingerprint density at radius 3 is 2.38 bits per heavy atom. The van der Waals surface area contributed by atoms with Crippen LogP contribution in [0.2, 0.25) is 0 Å². The van der Waals surface area contributed by atoms with E-state index in [0.717, 1.165) is 19.3 Å². The largest absolute Gasteiger partial charge is 0.459 e. The lowest BCUT2D eigenvalue weighted by Crippen LogP contribution is -2.42. The fraction of sp³-hybridized carbons (Fsp3) is 0.600. The van der Waals surface area contributed by atoms with Crippen molar-refractivity contribution in [2.45, 2.75) is 52.6 Å². The van der Waals surface area contributed by atoms with Gasteiger partial charge in [0, 0.05) is 13.1 Å². The van der Waals surface area contributed by atoms with Gasteiger partial charge < -0.3 is 9.64 Å². The van der Waals surface area contributed by atoms with Crippen molar-refractivity contribution in [3.05, 3.63) is 35.9 Å². The fourth-order valence-electron chi connectivity index (χ4n) is 3.77. The molecule has 0 bridgehead atoms. The highest BCUT2D eigenvalue weighted by molar-refractivity contribution is 5.97. The molecule has 1 heterocycles. The normalized spacial score (nSPS) is 25.2. The lowest BCUT2D eigenvalue weighted by atomic mass is 9.76. The molecule has 1 aromatic carbocycles. The summed E-state index contributed by atoms with van der Waals surface area (Å²) in [6, 6.07) is 10.1. The Hall–Kier alpha value is -1.84. The van der Waals surface area contributed by atoms with Crippen LogP contribution in [0.25, 0.3) is 0 Å². The zero-order valence-corrected chi connectivity index (χ0v) is 15.1. The predicted molar refractivity (Wildman–Crippen MR) is 92.3 cm³/mol. The van der Waals surface area contributed by atoms with Crippen molar-refractivity contribution in [3.63, 3.8) is 0 Å². The Bertz CT molecular complexity index is 643. The number of carbonyl (C=O) groups excluding carboxylic acids is 2. The van der Waals surface area contributed by atoms with Gasteiger partial charge >= 0.3 is 5.97 Å². The number of carbonyl (C=O) groups is 2. The number of likely N-dealkylation sites (tertiary alicyclic amines) is 1. The van der Waals surface area contributed by atoms with E-state index < -0.39 is 16.4 Å². The molecule has 1 amide bonds. The molecule has 1 saturated heterocycles. The summed E-state index contributed by atoms with van der Waals surface area (Å²) in [5.74, 6) is -0.102. The second-order valence-electron chi connectivity index (χ2n) is 8.38. The topological polar surface area (TPSA) is 46.6 Å². The average Bonchev–Trinajstić information content (AvgIpc) is 3.28. The molecular weight excluding hydrogens is 302 g/mol. The summed E-state index contributed by atoms with van der Waals surface area (Å²) in [7, 11) is 0. The minimum absolute atomic E-state index is 0.131. The molecule has 4 heteroatoms. The summed E-state index contributed by atoms with van der Waals surface area (Å²) in [5, 5.41) is 0. The van der Waals surface area contributed by atoms with Gasteiger partial charge in [-0.05, 0) is 52.5 Å². The molecule has 24 heavy (non-hydrogen) atoms. The van der Waals surface area contributed by atoms with Gasteiger partial charge in [0.1, 0.15) is 5.60 Å². The smallest absolute Gasteiger partial charge is 0.315 e. The second-order valence-corrected chi connectivity index (χ2v) is 8.38. The quantitative estimate of drug-likeness (QED) is 0.797. The van der Waals surface area contributed by atoms with Crippen molar-refractivity contribution >= 4 is 11.9 Å². The molecule has 1 aliphatic heterocycles. The third kappa shape index (κ3) is 2.83. The van der Waals surface area contributed by atoms with E-state index in [1.165, 1.54) is 5.56 Å². The Morgan fingerprint density at radius 2 is 1.83 bits per heavy atom. The number of ether oxygens (including phenoxy) is 1. The van der Waals surface area contributed by atoms with E-state index in [2.05, 4.69) is 12.1 Å². The molecule has 1 saturated carbocycles. The number of benzene rings is 1. The van der Waals surface area contributed by atoms with Gasteiger partial charge in [0.25, 0.3) is 0 Å². The third-order valence-electron chi connectivity index (χ3n) is 5.37. The van der Waals surface area contributed by atoms with Crippen LogP contribution in [0.1, 0.15) is 46.1 Å². The molecule has 3 rings (SSSR count). The van der Waals surface area contributed by atoms with Crippen LogP contribution in [-0.4, -0.2) is 35.5 Å². The molecule has 1 spiro atoms. The summed E-state index contributed by atoms with van der Waals surface area (Å²) in [6.07, 6.45) is 2.40. The standard InChI is InChI=1S/C20H27NO3/c1-18(2,3)24-17(23)19(4)14-21(16(22)20(19)11-12-20)13-10-15-8-6-5-7-9-15/h5-9H,10-14H2,1-4H3/t19-/m0/s1. The Morgan fingerprint density at radius 1 is 1.21 bits per heavy atom. The molecule has 1 aromatic rings. The van der Waals surface area contributed by atoms with Crippen LogP contribution in [0.5, 0.6) is 0 Å².